The Morgan fingerprint density at radius 2 is 1.86 bits per heavy atom. The lowest BCUT2D eigenvalue weighted by Crippen LogP contribution is -2.30. The molecule has 0 unspecified atom stereocenters. The number of hydrogen-bond donors (Lipinski definition) is 1. The van der Waals surface area contributed by atoms with Crippen LogP contribution in [0.15, 0.2) is 47.4 Å². The number of sulfonamides is 2. The van der Waals surface area contributed by atoms with Crippen LogP contribution >= 0.6 is 0 Å². The van der Waals surface area contributed by atoms with Gasteiger partial charge in [0.15, 0.2) is 0 Å². The number of halogens is 1. The van der Waals surface area contributed by atoms with Crippen molar-refractivity contribution < 1.29 is 30.8 Å². The van der Waals surface area contributed by atoms with E-state index in [9.17, 15) is 26.0 Å². The van der Waals surface area contributed by atoms with Crippen LogP contribution in [0.5, 0.6) is 5.75 Å². The number of hydrogen-bond acceptors (Lipinski definition) is 6. The van der Waals surface area contributed by atoms with Crippen LogP contribution in [0.2, 0.25) is 0 Å². The number of anilines is 1. The lowest BCUT2D eigenvalue weighted by molar-refractivity contribution is -0.116. The van der Waals surface area contributed by atoms with Gasteiger partial charge in [0.05, 0.1) is 18.6 Å². The molecule has 1 heterocycles. The number of methoxy groups -OCH3 is 1. The maximum atomic E-state index is 13.0. The third-order valence-corrected chi connectivity index (χ3v) is 7.54. The van der Waals surface area contributed by atoms with E-state index in [0.717, 1.165) is 11.6 Å². The number of benzene rings is 2. The molecule has 0 spiro atoms. The minimum Gasteiger partial charge on any atom is -0.495 e. The van der Waals surface area contributed by atoms with Crippen LogP contribution in [0.25, 0.3) is 0 Å². The normalized spacial score (nSPS) is 16.2. The zero-order valence-electron chi connectivity index (χ0n) is 15.5. The van der Waals surface area contributed by atoms with E-state index in [1.807, 2.05) is 0 Å². The van der Waals surface area contributed by atoms with Crippen molar-refractivity contribution in [2.24, 2.45) is 0 Å². The van der Waals surface area contributed by atoms with E-state index in [2.05, 4.69) is 4.72 Å². The average molecular weight is 442 g/mol. The first-order valence-corrected chi connectivity index (χ1v) is 11.7. The highest BCUT2D eigenvalue weighted by atomic mass is 32.2. The maximum Gasteiger partial charge on any atom is 0.244 e. The van der Waals surface area contributed by atoms with E-state index in [1.165, 1.54) is 31.4 Å². The highest BCUT2D eigenvalue weighted by molar-refractivity contribution is 7.94. The first-order chi connectivity index (χ1) is 13.6. The van der Waals surface area contributed by atoms with Crippen LogP contribution < -0.4 is 13.8 Å². The largest absolute Gasteiger partial charge is 0.495 e. The molecule has 0 radical (unpaired) electrons. The lowest BCUT2D eigenvalue weighted by atomic mass is 10.1. The first-order valence-electron chi connectivity index (χ1n) is 8.62. The van der Waals surface area contributed by atoms with Crippen LogP contribution in [0.4, 0.5) is 10.1 Å². The lowest BCUT2D eigenvalue weighted by Gasteiger charge is -2.18. The fraction of sp³-hybridized carbons (Fsp3) is 0.278. The monoisotopic (exact) mass is 442 g/mol. The number of ether oxygens (including phenoxy) is 1. The maximum absolute atomic E-state index is 13.0. The summed E-state index contributed by atoms with van der Waals surface area (Å²) in [5.41, 5.74) is 0.677. The average Bonchev–Trinajstić information content (AvgIpc) is 2.95. The highest BCUT2D eigenvalue weighted by Crippen LogP contribution is 2.32. The molecule has 0 aliphatic carbocycles. The molecule has 11 heteroatoms. The second-order valence-electron chi connectivity index (χ2n) is 6.33. The van der Waals surface area contributed by atoms with Gasteiger partial charge in [-0.05, 0) is 42.3 Å². The second-order valence-corrected chi connectivity index (χ2v) is 10.0. The molecule has 0 aromatic heterocycles. The Labute approximate surface area is 168 Å². The molecular formula is C18H19FN2O6S2. The zero-order chi connectivity index (χ0) is 21.2. The van der Waals surface area contributed by atoms with E-state index in [-0.39, 0.29) is 40.9 Å². The summed E-state index contributed by atoms with van der Waals surface area (Å²) in [6, 6.07) is 9.37. The summed E-state index contributed by atoms with van der Waals surface area (Å²) in [6.45, 7) is 0.0301. The quantitative estimate of drug-likeness (QED) is 0.695. The SMILES string of the molecule is COc1ccc(N2C(=O)CCS2(=O)=O)cc1S(=O)(=O)NCCc1ccc(F)cc1. The van der Waals surface area contributed by atoms with Crippen molar-refractivity contribution in [3.8, 4) is 5.75 Å². The molecule has 8 nitrogen and oxygen atoms in total. The molecule has 1 aliphatic heterocycles. The molecule has 0 atom stereocenters. The third-order valence-electron chi connectivity index (χ3n) is 4.37. The number of carbonyl (C=O) groups is 1. The Kier molecular flexibility index (Phi) is 5.92. The van der Waals surface area contributed by atoms with Crippen LogP contribution in [0.3, 0.4) is 0 Å². The van der Waals surface area contributed by atoms with Crippen molar-refractivity contribution in [3.63, 3.8) is 0 Å². The van der Waals surface area contributed by atoms with Gasteiger partial charge in [0.25, 0.3) is 0 Å². The highest BCUT2D eigenvalue weighted by Gasteiger charge is 2.37. The van der Waals surface area contributed by atoms with Crippen LogP contribution in [-0.2, 0) is 31.3 Å². The van der Waals surface area contributed by atoms with E-state index in [0.29, 0.717) is 10.7 Å². The summed E-state index contributed by atoms with van der Waals surface area (Å²) in [4.78, 5) is 11.7. The number of carbonyl (C=O) groups excluding carboxylic acids is 1. The zero-order valence-corrected chi connectivity index (χ0v) is 17.1. The molecule has 1 N–H and O–H groups in total. The Morgan fingerprint density at radius 1 is 1.17 bits per heavy atom. The van der Waals surface area contributed by atoms with Gasteiger partial charge in [0.1, 0.15) is 16.5 Å². The molecule has 1 aliphatic rings. The van der Waals surface area contributed by atoms with Gasteiger partial charge in [-0.15, -0.1) is 0 Å². The third kappa shape index (κ3) is 4.57. The molecule has 2 aromatic carbocycles. The summed E-state index contributed by atoms with van der Waals surface area (Å²) in [5, 5.41) is 0. The smallest absolute Gasteiger partial charge is 0.244 e. The second kappa shape index (κ2) is 8.09. The van der Waals surface area contributed by atoms with Gasteiger partial charge in [-0.25, -0.2) is 30.3 Å². The predicted octanol–water partition coefficient (Wildman–Crippen LogP) is 1.42. The molecule has 3 rings (SSSR count). The molecule has 29 heavy (non-hydrogen) atoms. The van der Waals surface area contributed by atoms with E-state index in [1.54, 1.807) is 12.1 Å². The number of nitrogens with zero attached hydrogens (tertiary/aromatic N) is 1. The fourth-order valence-corrected chi connectivity index (χ4v) is 5.60. The molecule has 156 valence electrons. The Hall–Kier alpha value is -2.50. The van der Waals surface area contributed by atoms with E-state index >= 15 is 0 Å². The fourth-order valence-electron chi connectivity index (χ4n) is 2.93. The summed E-state index contributed by atoms with van der Waals surface area (Å²) in [5.74, 6) is -1.33. The Morgan fingerprint density at radius 3 is 2.45 bits per heavy atom. The first kappa shape index (κ1) is 21.2. The predicted molar refractivity (Wildman–Crippen MR) is 104 cm³/mol. The molecular weight excluding hydrogens is 423 g/mol. The van der Waals surface area contributed by atoms with Gasteiger partial charge in [0.2, 0.25) is 26.0 Å². The summed E-state index contributed by atoms with van der Waals surface area (Å²) in [6.07, 6.45) is 0.160. The van der Waals surface area contributed by atoms with Gasteiger partial charge in [-0.1, -0.05) is 12.1 Å². The molecule has 1 fully saturated rings. The van der Waals surface area contributed by atoms with Crippen molar-refractivity contribution >= 4 is 31.6 Å². The van der Waals surface area contributed by atoms with Gasteiger partial charge in [0, 0.05) is 13.0 Å². The van der Waals surface area contributed by atoms with Crippen molar-refractivity contribution in [3.05, 3.63) is 53.8 Å². The Bertz CT molecular complexity index is 1130. The summed E-state index contributed by atoms with van der Waals surface area (Å²) >= 11 is 0. The number of amides is 1. The van der Waals surface area contributed by atoms with Crippen LogP contribution in [0, 0.1) is 5.82 Å². The van der Waals surface area contributed by atoms with Crippen molar-refractivity contribution in [2.45, 2.75) is 17.7 Å². The minimum atomic E-state index is -4.07. The molecule has 1 amide bonds. The standard InChI is InChI=1S/C18H19FN2O6S2/c1-27-16-7-6-15(21-18(22)9-11-28(21,23)24)12-17(16)29(25,26)20-10-8-13-2-4-14(19)5-3-13/h2-7,12,20H,8-11H2,1H3. The van der Waals surface area contributed by atoms with Crippen LogP contribution in [-0.4, -0.2) is 42.2 Å². The van der Waals surface area contributed by atoms with E-state index in [4.69, 9.17) is 4.74 Å². The summed E-state index contributed by atoms with van der Waals surface area (Å²) in [7, 11) is -6.62. The van der Waals surface area contributed by atoms with Gasteiger partial charge >= 0.3 is 0 Å². The van der Waals surface area contributed by atoms with E-state index < -0.39 is 26.0 Å². The van der Waals surface area contributed by atoms with Gasteiger partial charge in [-0.3, -0.25) is 4.79 Å². The van der Waals surface area contributed by atoms with Crippen LogP contribution in [0.1, 0.15) is 12.0 Å². The van der Waals surface area contributed by atoms with Crippen molar-refractivity contribution in [2.75, 3.05) is 23.7 Å². The molecule has 1 saturated heterocycles. The van der Waals surface area contributed by atoms with Crippen molar-refractivity contribution in [1.29, 1.82) is 0 Å². The Balaban J connectivity index is 1.85. The number of rotatable bonds is 7. The number of nitrogens with one attached hydrogen (secondary N) is 1. The molecule has 0 bridgehead atoms. The van der Waals surface area contributed by atoms with Gasteiger partial charge < -0.3 is 4.74 Å². The minimum absolute atomic E-state index is 0.00655. The molecule has 2 aromatic rings. The van der Waals surface area contributed by atoms with Crippen molar-refractivity contribution in [1.82, 2.24) is 4.72 Å². The topological polar surface area (TPSA) is 110 Å². The van der Waals surface area contributed by atoms with Gasteiger partial charge in [-0.2, -0.15) is 0 Å². The molecule has 0 saturated carbocycles. The summed E-state index contributed by atoms with van der Waals surface area (Å²) < 4.78 is 70.8.